The normalized spacial score (nSPS) is 13.9. The van der Waals surface area contributed by atoms with Gasteiger partial charge in [0.05, 0.1) is 6.23 Å². The van der Waals surface area contributed by atoms with E-state index in [1.54, 1.807) is 0 Å². The van der Waals surface area contributed by atoms with Gasteiger partial charge in [-0.1, -0.05) is 13.8 Å². The zero-order valence-electron chi connectivity index (χ0n) is 6.00. The van der Waals surface area contributed by atoms with Gasteiger partial charge >= 0.3 is 7.69 Å². The molecule has 0 aromatic carbocycles. The molecule has 0 heterocycles. The minimum absolute atomic E-state index is 0.284. The van der Waals surface area contributed by atoms with Crippen molar-refractivity contribution in [1.29, 1.82) is 0 Å². The van der Waals surface area contributed by atoms with E-state index in [1.807, 2.05) is 0 Å². The van der Waals surface area contributed by atoms with Gasteiger partial charge in [0.1, 0.15) is 0 Å². The fourth-order valence-electron chi connectivity index (χ4n) is 0.628. The summed E-state index contributed by atoms with van der Waals surface area (Å²) in [5, 5.41) is 8.25. The van der Waals surface area contributed by atoms with Crippen LogP contribution in [-0.2, 0) is 4.65 Å². The average Bonchev–Trinajstić information content (AvgIpc) is 1.63. The molecule has 0 saturated heterocycles. The van der Waals surface area contributed by atoms with Crippen LogP contribution in [0.25, 0.3) is 0 Å². The second-order valence-corrected chi connectivity index (χ2v) is 2.46. The van der Waals surface area contributed by atoms with Crippen LogP contribution in [-0.4, -0.2) is 18.9 Å². The summed E-state index contributed by atoms with van der Waals surface area (Å²) in [6.45, 7) is 4.11. The van der Waals surface area contributed by atoms with E-state index in [1.165, 1.54) is 0 Å². The summed E-state index contributed by atoms with van der Waals surface area (Å²) < 4.78 is 4.69. The van der Waals surface area contributed by atoms with E-state index in [2.05, 4.69) is 18.5 Å². The van der Waals surface area contributed by atoms with E-state index in [-0.39, 0.29) is 13.9 Å². The lowest BCUT2D eigenvalue weighted by Crippen LogP contribution is -2.27. The highest BCUT2D eigenvalue weighted by atomic mass is 16.5. The highest BCUT2D eigenvalue weighted by Crippen LogP contribution is 2.01. The van der Waals surface area contributed by atoms with Crippen molar-refractivity contribution in [2.75, 3.05) is 0 Å². The van der Waals surface area contributed by atoms with Crippen LogP contribution in [0.1, 0.15) is 20.3 Å². The van der Waals surface area contributed by atoms with Crippen molar-refractivity contribution in [3.8, 4) is 0 Å². The van der Waals surface area contributed by atoms with E-state index >= 15 is 0 Å². The molecule has 0 fully saturated rings. The minimum Gasteiger partial charge on any atom is -0.430 e. The first kappa shape index (κ1) is 8.94. The molecule has 1 unspecified atom stereocenters. The van der Waals surface area contributed by atoms with Crippen LogP contribution in [0.4, 0.5) is 0 Å². The maximum Gasteiger partial charge on any atom is 0.436 e. The first-order chi connectivity index (χ1) is 4.16. The van der Waals surface area contributed by atoms with Crippen LogP contribution in [0.15, 0.2) is 0 Å². The van der Waals surface area contributed by atoms with Crippen LogP contribution in [0, 0.1) is 5.92 Å². The Morgan fingerprint density at radius 1 is 1.67 bits per heavy atom. The molecule has 4 heteroatoms. The Kier molecular flexibility index (Phi) is 4.76. The van der Waals surface area contributed by atoms with Crippen molar-refractivity contribution in [3.63, 3.8) is 0 Å². The number of hydrogen-bond donors (Lipinski definition) is 2. The molecule has 0 rings (SSSR count). The van der Waals surface area contributed by atoms with Crippen molar-refractivity contribution in [1.82, 2.24) is 0 Å². The summed E-state index contributed by atoms with van der Waals surface area (Å²) >= 11 is 0. The summed E-state index contributed by atoms with van der Waals surface area (Å²) in [4.78, 5) is 0. The molecule has 0 radical (unpaired) electrons. The molecule has 0 saturated carbocycles. The maximum absolute atomic E-state index is 8.25. The molecule has 0 bridgehead atoms. The molecule has 0 aromatic heterocycles. The molecule has 54 valence electrons. The first-order valence-corrected chi connectivity index (χ1v) is 3.15. The third kappa shape index (κ3) is 5.82. The number of nitrogens with two attached hydrogens (primary N) is 1. The van der Waals surface area contributed by atoms with Crippen LogP contribution < -0.4 is 5.73 Å². The zero-order valence-corrected chi connectivity index (χ0v) is 6.00. The van der Waals surface area contributed by atoms with Crippen molar-refractivity contribution in [2.45, 2.75) is 26.5 Å². The standard InChI is InChI=1S/C5H14BNO2/c1-4(2)3-5(7)9-6-8/h4-6,8H,3,7H2,1-2H3. The van der Waals surface area contributed by atoms with Gasteiger partial charge in [-0.15, -0.1) is 0 Å². The average molecular weight is 131 g/mol. The van der Waals surface area contributed by atoms with E-state index in [0.29, 0.717) is 5.92 Å². The molecule has 3 N–H and O–H groups in total. The van der Waals surface area contributed by atoms with E-state index in [9.17, 15) is 0 Å². The summed E-state index contributed by atoms with van der Waals surface area (Å²) in [6.07, 6.45) is 0.482. The van der Waals surface area contributed by atoms with Gasteiger partial charge in [-0.2, -0.15) is 0 Å². The Morgan fingerprint density at radius 3 is 2.56 bits per heavy atom. The van der Waals surface area contributed by atoms with Gasteiger partial charge in [0, 0.05) is 0 Å². The van der Waals surface area contributed by atoms with Gasteiger partial charge in [0.25, 0.3) is 0 Å². The fraction of sp³-hybridized carbons (Fsp3) is 1.00. The van der Waals surface area contributed by atoms with Crippen molar-refractivity contribution >= 4 is 7.69 Å². The highest BCUT2D eigenvalue weighted by Gasteiger charge is 2.03. The SMILES string of the molecule is CC(C)CC(N)OBO. The molecule has 0 aromatic rings. The van der Waals surface area contributed by atoms with E-state index < -0.39 is 0 Å². The Balaban J connectivity index is 3.15. The molecular weight excluding hydrogens is 117 g/mol. The Bertz CT molecular complexity index is 70.0. The Morgan fingerprint density at radius 2 is 2.22 bits per heavy atom. The quantitative estimate of drug-likeness (QED) is 0.402. The lowest BCUT2D eigenvalue weighted by atomic mass is 10.1. The molecular formula is C5H14BNO2. The third-order valence-electron chi connectivity index (χ3n) is 0.992. The van der Waals surface area contributed by atoms with Crippen molar-refractivity contribution < 1.29 is 9.68 Å². The second kappa shape index (κ2) is 4.79. The molecule has 3 nitrogen and oxygen atoms in total. The van der Waals surface area contributed by atoms with Crippen LogP contribution in [0.3, 0.4) is 0 Å². The summed E-state index contributed by atoms with van der Waals surface area (Å²) in [5.41, 5.74) is 5.40. The molecule has 0 spiro atoms. The largest absolute Gasteiger partial charge is 0.436 e. The van der Waals surface area contributed by atoms with Gasteiger partial charge in [-0.25, -0.2) is 0 Å². The van der Waals surface area contributed by atoms with Gasteiger partial charge in [-0.05, 0) is 12.3 Å². The summed E-state index contributed by atoms with van der Waals surface area (Å²) in [7, 11) is -0.284. The smallest absolute Gasteiger partial charge is 0.430 e. The Labute approximate surface area is 56.5 Å². The molecule has 0 aliphatic carbocycles. The summed E-state index contributed by atoms with van der Waals surface area (Å²) in [5.74, 6) is 0.520. The predicted molar refractivity (Wildman–Crippen MR) is 37.9 cm³/mol. The molecule has 9 heavy (non-hydrogen) atoms. The maximum atomic E-state index is 8.25. The lowest BCUT2D eigenvalue weighted by Gasteiger charge is -2.12. The van der Waals surface area contributed by atoms with Crippen LogP contribution in [0.5, 0.6) is 0 Å². The monoisotopic (exact) mass is 131 g/mol. The van der Waals surface area contributed by atoms with E-state index in [4.69, 9.17) is 10.8 Å². The van der Waals surface area contributed by atoms with Gasteiger partial charge < -0.3 is 15.4 Å². The van der Waals surface area contributed by atoms with Gasteiger partial charge in [0.15, 0.2) is 0 Å². The number of hydrogen-bond acceptors (Lipinski definition) is 3. The minimum atomic E-state index is -0.310. The van der Waals surface area contributed by atoms with Gasteiger partial charge in [-0.3, -0.25) is 0 Å². The molecule has 0 aliphatic rings. The topological polar surface area (TPSA) is 55.5 Å². The van der Waals surface area contributed by atoms with Crippen molar-refractivity contribution in [3.05, 3.63) is 0 Å². The third-order valence-corrected chi connectivity index (χ3v) is 0.992. The zero-order chi connectivity index (χ0) is 7.28. The molecule has 1 atom stereocenters. The summed E-state index contributed by atoms with van der Waals surface area (Å²) in [6, 6.07) is 0. The van der Waals surface area contributed by atoms with Crippen LogP contribution in [0.2, 0.25) is 0 Å². The lowest BCUT2D eigenvalue weighted by molar-refractivity contribution is 0.165. The molecule has 0 amide bonds. The highest BCUT2D eigenvalue weighted by molar-refractivity contribution is 6.15. The van der Waals surface area contributed by atoms with Gasteiger partial charge in [0.2, 0.25) is 0 Å². The number of rotatable bonds is 4. The first-order valence-electron chi connectivity index (χ1n) is 3.15. The molecule has 0 aliphatic heterocycles. The van der Waals surface area contributed by atoms with Crippen molar-refractivity contribution in [2.24, 2.45) is 11.7 Å². The van der Waals surface area contributed by atoms with E-state index in [0.717, 1.165) is 6.42 Å². The Hall–Kier alpha value is -0.0551. The second-order valence-electron chi connectivity index (χ2n) is 2.46. The van der Waals surface area contributed by atoms with Crippen LogP contribution >= 0.6 is 0 Å². The fourth-order valence-corrected chi connectivity index (χ4v) is 0.628. The predicted octanol–water partition coefficient (Wildman–Crippen LogP) is -0.407.